The molecular formula is C110H80N4. The lowest BCUT2D eigenvalue weighted by atomic mass is 9.82. The molecule has 0 saturated carbocycles. The van der Waals surface area contributed by atoms with E-state index in [4.69, 9.17) is 0 Å². The Morgan fingerprint density at radius 3 is 1.02 bits per heavy atom. The Hall–Kier alpha value is -14.3. The Kier molecular flexibility index (Phi) is 16.2. The van der Waals surface area contributed by atoms with E-state index in [2.05, 4.69) is 459 Å². The van der Waals surface area contributed by atoms with Gasteiger partial charge in [-0.2, -0.15) is 0 Å². The van der Waals surface area contributed by atoms with E-state index >= 15 is 0 Å². The van der Waals surface area contributed by atoms with E-state index in [9.17, 15) is 0 Å². The molecule has 0 amide bonds. The summed E-state index contributed by atoms with van der Waals surface area (Å²) in [4.78, 5) is 4.68. The summed E-state index contributed by atoms with van der Waals surface area (Å²) in [5.41, 5.74) is 34.4. The lowest BCUT2D eigenvalue weighted by molar-refractivity contribution is 0.661. The summed E-state index contributed by atoms with van der Waals surface area (Å²) in [6, 6.07) is 151. The van der Waals surface area contributed by atoms with E-state index in [0.29, 0.717) is 0 Å². The van der Waals surface area contributed by atoms with Crippen molar-refractivity contribution in [3.8, 4) is 78.1 Å². The van der Waals surface area contributed by atoms with Crippen LogP contribution in [0.3, 0.4) is 0 Å². The molecule has 0 radical (unpaired) electrons. The highest BCUT2D eigenvalue weighted by atomic mass is 15.1. The van der Waals surface area contributed by atoms with E-state index in [-0.39, 0.29) is 10.8 Å². The fourth-order valence-corrected chi connectivity index (χ4v) is 18.5. The van der Waals surface area contributed by atoms with Gasteiger partial charge in [0.25, 0.3) is 0 Å². The van der Waals surface area contributed by atoms with Crippen LogP contribution in [0, 0.1) is 0 Å². The Balaban J connectivity index is 0.000000143. The van der Waals surface area contributed by atoms with Gasteiger partial charge in [-0.1, -0.05) is 295 Å². The normalized spacial score (nSPS) is 12.9. The zero-order valence-electron chi connectivity index (χ0n) is 64.0. The van der Waals surface area contributed by atoms with Crippen LogP contribution in [0.25, 0.3) is 143 Å². The Morgan fingerprint density at radius 1 is 0.184 bits per heavy atom. The zero-order valence-corrected chi connectivity index (χ0v) is 64.0. The molecule has 0 unspecified atom stereocenters. The van der Waals surface area contributed by atoms with Crippen LogP contribution in [-0.4, -0.2) is 9.13 Å². The predicted octanol–water partition coefficient (Wildman–Crippen LogP) is 30.1. The lowest BCUT2D eigenvalue weighted by Crippen LogP contribution is -2.14. The zero-order chi connectivity index (χ0) is 76.2. The summed E-state index contributed by atoms with van der Waals surface area (Å²) in [5, 5.41) is 10.2. The van der Waals surface area contributed by atoms with E-state index in [1.54, 1.807) is 0 Å². The highest BCUT2D eigenvalue weighted by Crippen LogP contribution is 2.54. The Morgan fingerprint density at radius 2 is 0.526 bits per heavy atom. The van der Waals surface area contributed by atoms with Crippen LogP contribution in [0.15, 0.2) is 413 Å². The number of hydrogen-bond donors (Lipinski definition) is 0. The number of benzene rings is 18. The number of fused-ring (bicyclic) bond motifs is 14. The van der Waals surface area contributed by atoms with Gasteiger partial charge in [-0.05, 0) is 256 Å². The number of aromatic nitrogens is 2. The van der Waals surface area contributed by atoms with Gasteiger partial charge in [-0.15, -0.1) is 0 Å². The molecule has 0 aliphatic heterocycles. The Bertz CT molecular complexity index is 7120. The van der Waals surface area contributed by atoms with Crippen molar-refractivity contribution in [1.29, 1.82) is 0 Å². The van der Waals surface area contributed by atoms with Gasteiger partial charge in [0.1, 0.15) is 0 Å². The van der Waals surface area contributed by atoms with E-state index in [0.717, 1.165) is 45.5 Å². The first-order valence-electron chi connectivity index (χ1n) is 39.7. The summed E-state index contributed by atoms with van der Waals surface area (Å²) in [6.45, 7) is 9.44. The first kappa shape index (κ1) is 67.8. The summed E-state index contributed by atoms with van der Waals surface area (Å²) in [5.74, 6) is 0. The summed E-state index contributed by atoms with van der Waals surface area (Å²) >= 11 is 0. The van der Waals surface area contributed by atoms with Gasteiger partial charge in [0, 0.05) is 77.9 Å². The van der Waals surface area contributed by atoms with Crippen LogP contribution in [0.1, 0.15) is 49.9 Å². The van der Waals surface area contributed by atoms with Gasteiger partial charge in [0.15, 0.2) is 0 Å². The molecule has 4 nitrogen and oxygen atoms in total. The maximum absolute atomic E-state index is 2.46. The number of hydrogen-bond acceptors (Lipinski definition) is 2. The second-order valence-corrected chi connectivity index (χ2v) is 31.6. The molecule has 2 aromatic heterocycles. The highest BCUT2D eigenvalue weighted by Gasteiger charge is 2.38. The van der Waals surface area contributed by atoms with E-state index < -0.39 is 0 Å². The van der Waals surface area contributed by atoms with Gasteiger partial charge in [0.05, 0.1) is 22.1 Å². The molecular weight excluding hydrogens is 1380 g/mol. The average molecular weight is 1460 g/mol. The minimum Gasteiger partial charge on any atom is -0.311 e. The predicted molar refractivity (Wildman–Crippen MR) is 483 cm³/mol. The van der Waals surface area contributed by atoms with Gasteiger partial charge in [0.2, 0.25) is 0 Å². The van der Waals surface area contributed by atoms with Gasteiger partial charge in [-0.3, -0.25) is 0 Å². The second kappa shape index (κ2) is 27.3. The smallest absolute Gasteiger partial charge is 0.0547 e. The van der Waals surface area contributed by atoms with Crippen LogP contribution >= 0.6 is 0 Å². The number of nitrogens with zero attached hydrogens (tertiary/aromatic N) is 4. The number of rotatable bonds is 12. The fourth-order valence-electron chi connectivity index (χ4n) is 18.5. The van der Waals surface area contributed by atoms with Crippen molar-refractivity contribution in [2.45, 2.75) is 38.5 Å². The van der Waals surface area contributed by atoms with Gasteiger partial charge >= 0.3 is 0 Å². The quantitative estimate of drug-likeness (QED) is 0.121. The van der Waals surface area contributed by atoms with E-state index in [1.807, 2.05) is 0 Å². The molecule has 114 heavy (non-hydrogen) atoms. The van der Waals surface area contributed by atoms with Crippen molar-refractivity contribution in [3.63, 3.8) is 0 Å². The highest BCUT2D eigenvalue weighted by molar-refractivity contribution is 6.13. The second-order valence-electron chi connectivity index (χ2n) is 31.6. The fraction of sp³-hybridized carbons (Fsp3) is 0.0545. The van der Waals surface area contributed by atoms with E-state index in [1.165, 1.54) is 154 Å². The largest absolute Gasteiger partial charge is 0.311 e. The SMILES string of the molecule is CC1(C)c2ccccc2-c2cc3c(cc21)c1ccccc1n3-c1ccc(-c2ccc(N(c3ccccc3)c3cccc(-c4ccc5ccccc5c4)c3)cc2)cc1.CC1(C)c2ccccc2-c2cc3c(cc21)c1ccccc1n3-c1cccc(-c2ccc(N(c3ccccc3)c3ccc(-c4ccc5ccccc5c4)cc3)cc2)c1. The molecule has 0 saturated heterocycles. The van der Waals surface area contributed by atoms with Crippen molar-refractivity contribution >= 4 is 99.3 Å². The molecule has 540 valence electrons. The molecule has 22 rings (SSSR count). The minimum atomic E-state index is -0.0488. The third-order valence-electron chi connectivity index (χ3n) is 24.3. The standard InChI is InChI=1S/2C55H40N2/c1-55(2)51-21-10-8-19-47(51)49-36-54-50(35-52(49)55)48-20-9-11-22-53(48)57(54)46-18-12-15-41(34-46)38-25-29-44(30-26-38)56(43-16-4-3-5-17-43)45-31-27-39(28-32-45)42-24-23-37-13-6-7-14-40(37)33-42;1-55(2)51-21-10-8-19-47(51)49-36-54-50(35-52(49)55)48-20-9-11-22-53(48)57(54)45-31-27-39(28-32-45)38-25-29-44(30-26-38)56(43-16-4-3-5-17-43)46-18-12-15-41(34-46)42-24-23-37-13-6-7-14-40(37)33-42/h2*3-36H,1-2H3. The number of anilines is 6. The molecule has 20 aromatic rings. The topological polar surface area (TPSA) is 16.3 Å². The maximum Gasteiger partial charge on any atom is 0.0547 e. The van der Waals surface area contributed by atoms with Crippen LogP contribution in [0.2, 0.25) is 0 Å². The van der Waals surface area contributed by atoms with Crippen molar-refractivity contribution in [2.75, 3.05) is 9.80 Å². The van der Waals surface area contributed by atoms with Crippen molar-refractivity contribution < 1.29 is 0 Å². The monoisotopic (exact) mass is 1460 g/mol. The molecule has 0 bridgehead atoms. The minimum absolute atomic E-state index is 0.0411. The van der Waals surface area contributed by atoms with Crippen molar-refractivity contribution in [3.05, 3.63) is 435 Å². The maximum atomic E-state index is 2.46. The van der Waals surface area contributed by atoms with Gasteiger partial charge in [-0.25, -0.2) is 0 Å². The molecule has 2 aliphatic rings. The van der Waals surface area contributed by atoms with Crippen LogP contribution < -0.4 is 9.80 Å². The molecule has 18 aromatic carbocycles. The molecule has 0 atom stereocenters. The molecule has 0 fully saturated rings. The number of para-hydroxylation sites is 4. The van der Waals surface area contributed by atoms with Crippen molar-refractivity contribution in [1.82, 2.24) is 9.13 Å². The average Bonchev–Trinajstić information content (AvgIpc) is 1.56. The molecule has 2 heterocycles. The van der Waals surface area contributed by atoms with Crippen molar-refractivity contribution in [2.24, 2.45) is 0 Å². The molecule has 0 N–H and O–H groups in total. The summed E-state index contributed by atoms with van der Waals surface area (Å²) < 4.78 is 4.89. The lowest BCUT2D eigenvalue weighted by Gasteiger charge is -2.26. The first-order valence-corrected chi connectivity index (χ1v) is 39.7. The summed E-state index contributed by atoms with van der Waals surface area (Å²) in [7, 11) is 0. The van der Waals surface area contributed by atoms with Crippen LogP contribution in [0.4, 0.5) is 34.1 Å². The van der Waals surface area contributed by atoms with Crippen LogP contribution in [0.5, 0.6) is 0 Å². The third-order valence-corrected chi connectivity index (χ3v) is 24.3. The van der Waals surface area contributed by atoms with Gasteiger partial charge < -0.3 is 18.9 Å². The molecule has 2 aliphatic carbocycles. The third kappa shape index (κ3) is 11.5. The summed E-state index contributed by atoms with van der Waals surface area (Å²) in [6.07, 6.45) is 0. The molecule has 0 spiro atoms. The first-order chi connectivity index (χ1) is 56.0. The molecule has 4 heteroatoms. The van der Waals surface area contributed by atoms with Crippen LogP contribution in [-0.2, 0) is 10.8 Å². The Labute approximate surface area is 665 Å².